The van der Waals surface area contributed by atoms with Gasteiger partial charge in [-0.05, 0) is 18.2 Å². The number of aromatic nitrogens is 1. The Morgan fingerprint density at radius 1 is 1.06 bits per heavy atom. The molecule has 0 unspecified atom stereocenters. The molecule has 0 atom stereocenters. The van der Waals surface area contributed by atoms with Crippen LogP contribution in [-0.2, 0) is 0 Å². The molecule has 1 aliphatic rings. The third kappa shape index (κ3) is 1.22. The van der Waals surface area contributed by atoms with Crippen molar-refractivity contribution in [3.8, 4) is 23.0 Å². The van der Waals surface area contributed by atoms with Gasteiger partial charge in [0.25, 0.3) is 0 Å². The minimum Gasteiger partial charge on any atom is -0.478 e. The van der Waals surface area contributed by atoms with Crippen LogP contribution in [0.5, 0.6) is 23.0 Å². The molecule has 5 heteroatoms. The normalized spacial score (nSPS) is 12.0. The predicted octanol–water partition coefficient (Wildman–Crippen LogP) is 2.61. The van der Waals surface area contributed by atoms with Crippen molar-refractivity contribution >= 4 is 5.97 Å². The molecule has 0 saturated heterocycles. The van der Waals surface area contributed by atoms with Crippen molar-refractivity contribution in [2.24, 2.45) is 0 Å². The molecule has 0 saturated carbocycles. The SMILES string of the molecule is O=C(O)c1ccc2c(c1)Oc1c[nH]cc1O2. The molecule has 1 aromatic carbocycles. The summed E-state index contributed by atoms with van der Waals surface area (Å²) >= 11 is 0. The molecule has 2 N–H and O–H groups in total. The van der Waals surface area contributed by atoms with Crippen LogP contribution in [0, 0.1) is 0 Å². The standard InChI is InChI=1S/C11H7NO4/c13-11(14)6-1-2-7-8(3-6)16-10-5-12-4-9(10)15-7/h1-5,12H,(H,13,14). The Bertz CT molecular complexity index is 573. The summed E-state index contributed by atoms with van der Waals surface area (Å²) in [5.74, 6) is 1.07. The lowest BCUT2D eigenvalue weighted by Gasteiger charge is -2.17. The van der Waals surface area contributed by atoms with Gasteiger partial charge in [-0.3, -0.25) is 0 Å². The Morgan fingerprint density at radius 3 is 2.44 bits per heavy atom. The number of carboxylic acid groups (broad SMARTS) is 1. The Kier molecular flexibility index (Phi) is 1.67. The highest BCUT2D eigenvalue weighted by Crippen LogP contribution is 2.45. The van der Waals surface area contributed by atoms with E-state index in [-0.39, 0.29) is 5.56 Å². The van der Waals surface area contributed by atoms with Crippen LogP contribution in [0.1, 0.15) is 10.4 Å². The molecule has 16 heavy (non-hydrogen) atoms. The fraction of sp³-hybridized carbons (Fsp3) is 0. The van der Waals surface area contributed by atoms with Gasteiger partial charge in [0.15, 0.2) is 23.0 Å². The highest BCUT2D eigenvalue weighted by atomic mass is 16.6. The lowest BCUT2D eigenvalue weighted by Crippen LogP contribution is -2.00. The van der Waals surface area contributed by atoms with Crippen LogP contribution in [0.25, 0.3) is 0 Å². The summed E-state index contributed by atoms with van der Waals surface area (Å²) in [6, 6.07) is 4.49. The van der Waals surface area contributed by atoms with E-state index in [2.05, 4.69) is 4.98 Å². The Morgan fingerprint density at radius 2 is 1.75 bits per heavy atom. The van der Waals surface area contributed by atoms with Gasteiger partial charge in [0.05, 0.1) is 5.56 Å². The molecule has 0 aliphatic carbocycles. The maximum Gasteiger partial charge on any atom is 0.335 e. The van der Waals surface area contributed by atoms with Crippen molar-refractivity contribution in [2.75, 3.05) is 0 Å². The van der Waals surface area contributed by atoms with Gasteiger partial charge in [-0.2, -0.15) is 0 Å². The molecular formula is C11H7NO4. The minimum absolute atomic E-state index is 0.168. The molecule has 1 aliphatic heterocycles. The van der Waals surface area contributed by atoms with E-state index in [1.807, 2.05) is 0 Å². The fourth-order valence-electron chi connectivity index (χ4n) is 1.54. The van der Waals surface area contributed by atoms with Gasteiger partial charge >= 0.3 is 5.97 Å². The van der Waals surface area contributed by atoms with Gasteiger partial charge in [-0.25, -0.2) is 4.79 Å². The monoisotopic (exact) mass is 217 g/mol. The summed E-state index contributed by atoms with van der Waals surface area (Å²) in [5.41, 5.74) is 0.168. The number of nitrogens with one attached hydrogen (secondary N) is 1. The van der Waals surface area contributed by atoms with E-state index in [1.54, 1.807) is 18.5 Å². The van der Waals surface area contributed by atoms with Gasteiger partial charge in [0.2, 0.25) is 0 Å². The van der Waals surface area contributed by atoms with E-state index in [4.69, 9.17) is 14.6 Å². The molecule has 1 aromatic heterocycles. The van der Waals surface area contributed by atoms with Gasteiger partial charge < -0.3 is 19.6 Å². The number of hydrogen-bond donors (Lipinski definition) is 2. The predicted molar refractivity (Wildman–Crippen MR) is 54.3 cm³/mol. The fourth-order valence-corrected chi connectivity index (χ4v) is 1.54. The van der Waals surface area contributed by atoms with Crippen molar-refractivity contribution in [3.05, 3.63) is 36.2 Å². The molecule has 0 fully saturated rings. The second-order valence-corrected chi connectivity index (χ2v) is 3.35. The summed E-state index contributed by atoms with van der Waals surface area (Å²) in [6.45, 7) is 0. The lowest BCUT2D eigenvalue weighted by atomic mass is 10.2. The van der Waals surface area contributed by atoms with Gasteiger partial charge in [-0.15, -0.1) is 0 Å². The lowest BCUT2D eigenvalue weighted by molar-refractivity contribution is 0.0696. The first-order valence-electron chi connectivity index (χ1n) is 4.64. The smallest absolute Gasteiger partial charge is 0.335 e. The Hall–Kier alpha value is -2.43. The number of carbonyl (C=O) groups is 1. The third-order valence-corrected chi connectivity index (χ3v) is 2.30. The van der Waals surface area contributed by atoms with Crippen LogP contribution >= 0.6 is 0 Å². The highest BCUT2D eigenvalue weighted by molar-refractivity contribution is 5.88. The maximum absolute atomic E-state index is 10.8. The quantitative estimate of drug-likeness (QED) is 0.657. The van der Waals surface area contributed by atoms with E-state index >= 15 is 0 Å². The summed E-state index contributed by atoms with van der Waals surface area (Å²) in [5, 5.41) is 8.84. The van der Waals surface area contributed by atoms with Crippen LogP contribution in [0.4, 0.5) is 0 Å². The van der Waals surface area contributed by atoms with Crippen molar-refractivity contribution in [1.82, 2.24) is 4.98 Å². The number of ether oxygens (including phenoxy) is 2. The first-order chi connectivity index (χ1) is 7.74. The third-order valence-electron chi connectivity index (χ3n) is 2.30. The number of H-pyrrole nitrogens is 1. The first-order valence-corrected chi connectivity index (χ1v) is 4.64. The zero-order chi connectivity index (χ0) is 11.1. The Balaban J connectivity index is 2.06. The molecule has 2 heterocycles. The summed E-state index contributed by atoms with van der Waals surface area (Å²) < 4.78 is 11.0. The number of fused-ring (bicyclic) bond motifs is 2. The average molecular weight is 217 g/mol. The maximum atomic E-state index is 10.8. The average Bonchev–Trinajstić information content (AvgIpc) is 2.71. The molecule has 0 bridgehead atoms. The van der Waals surface area contributed by atoms with E-state index in [1.165, 1.54) is 12.1 Å². The van der Waals surface area contributed by atoms with Gasteiger partial charge in [0.1, 0.15) is 0 Å². The van der Waals surface area contributed by atoms with E-state index in [0.717, 1.165) is 0 Å². The molecule has 0 spiro atoms. The molecule has 5 nitrogen and oxygen atoms in total. The number of carboxylic acids is 1. The van der Waals surface area contributed by atoms with E-state index < -0.39 is 5.97 Å². The van der Waals surface area contributed by atoms with Crippen molar-refractivity contribution in [2.45, 2.75) is 0 Å². The molecule has 2 aromatic rings. The van der Waals surface area contributed by atoms with Crippen molar-refractivity contribution in [3.63, 3.8) is 0 Å². The second-order valence-electron chi connectivity index (χ2n) is 3.35. The first kappa shape index (κ1) is 8.84. The highest BCUT2D eigenvalue weighted by Gasteiger charge is 2.20. The van der Waals surface area contributed by atoms with Gasteiger partial charge in [0, 0.05) is 12.4 Å². The zero-order valence-corrected chi connectivity index (χ0v) is 8.06. The Labute approximate surface area is 90.2 Å². The number of hydrogen-bond acceptors (Lipinski definition) is 3. The number of aromatic carboxylic acids is 1. The summed E-state index contributed by atoms with van der Waals surface area (Å²) in [6.07, 6.45) is 3.31. The van der Waals surface area contributed by atoms with E-state index in [9.17, 15) is 4.79 Å². The zero-order valence-electron chi connectivity index (χ0n) is 8.06. The summed E-state index contributed by atoms with van der Waals surface area (Å²) in [7, 11) is 0. The minimum atomic E-state index is -0.994. The summed E-state index contributed by atoms with van der Waals surface area (Å²) in [4.78, 5) is 13.6. The molecule has 3 rings (SSSR count). The van der Waals surface area contributed by atoms with Crippen LogP contribution in [0.3, 0.4) is 0 Å². The topological polar surface area (TPSA) is 71.5 Å². The van der Waals surface area contributed by atoms with E-state index in [0.29, 0.717) is 23.0 Å². The molecule has 0 amide bonds. The number of rotatable bonds is 1. The molecule has 0 radical (unpaired) electrons. The van der Waals surface area contributed by atoms with Crippen LogP contribution in [-0.4, -0.2) is 16.1 Å². The molecule has 80 valence electrons. The van der Waals surface area contributed by atoms with Gasteiger partial charge in [-0.1, -0.05) is 0 Å². The van der Waals surface area contributed by atoms with Crippen LogP contribution in [0.2, 0.25) is 0 Å². The molecular weight excluding hydrogens is 210 g/mol. The van der Waals surface area contributed by atoms with Crippen LogP contribution < -0.4 is 9.47 Å². The van der Waals surface area contributed by atoms with Crippen molar-refractivity contribution < 1.29 is 19.4 Å². The largest absolute Gasteiger partial charge is 0.478 e. The van der Waals surface area contributed by atoms with Crippen LogP contribution in [0.15, 0.2) is 30.6 Å². The number of benzene rings is 1. The number of aromatic amines is 1. The second kappa shape index (κ2) is 3.03. The van der Waals surface area contributed by atoms with Crippen molar-refractivity contribution in [1.29, 1.82) is 0 Å².